The van der Waals surface area contributed by atoms with Gasteiger partial charge in [-0.2, -0.15) is 0 Å². The molecule has 1 fully saturated rings. The molecule has 1 unspecified atom stereocenters. The Bertz CT molecular complexity index is 399. The number of aryl methyl sites for hydroxylation is 1. The van der Waals surface area contributed by atoms with Crippen molar-refractivity contribution in [2.75, 3.05) is 6.61 Å². The molecule has 1 aromatic rings. The Hall–Kier alpha value is -0.480. The Balaban J connectivity index is 1.69. The lowest BCUT2D eigenvalue weighted by molar-refractivity contribution is 0.00218. The lowest BCUT2D eigenvalue weighted by atomic mass is 9.88. The molecule has 0 bridgehead atoms. The minimum Gasteiger partial charge on any atom is -0.378 e. The maximum atomic E-state index is 6.19. The second-order valence-corrected chi connectivity index (χ2v) is 7.60. The number of rotatable bonds is 8. The third-order valence-electron chi connectivity index (χ3n) is 4.68. The van der Waals surface area contributed by atoms with Gasteiger partial charge in [-0.25, -0.2) is 0 Å². The van der Waals surface area contributed by atoms with Crippen LogP contribution in [-0.4, -0.2) is 22.9 Å². The van der Waals surface area contributed by atoms with Crippen molar-refractivity contribution >= 4 is 11.3 Å². The van der Waals surface area contributed by atoms with Crippen LogP contribution in [0.15, 0.2) is 0 Å². The van der Waals surface area contributed by atoms with Crippen LogP contribution in [0.25, 0.3) is 0 Å². The van der Waals surface area contributed by atoms with Crippen LogP contribution in [0.5, 0.6) is 0 Å². The van der Waals surface area contributed by atoms with Gasteiger partial charge in [-0.3, -0.25) is 0 Å². The van der Waals surface area contributed by atoms with Gasteiger partial charge in [0.05, 0.1) is 6.10 Å². The van der Waals surface area contributed by atoms with E-state index in [1.54, 1.807) is 11.3 Å². The summed E-state index contributed by atoms with van der Waals surface area (Å²) in [4.78, 5) is 0. The van der Waals surface area contributed by atoms with E-state index in [4.69, 9.17) is 4.74 Å². The first kappa shape index (κ1) is 16.9. The molecule has 120 valence electrons. The monoisotopic (exact) mass is 310 g/mol. The summed E-state index contributed by atoms with van der Waals surface area (Å²) < 4.78 is 6.19. The zero-order chi connectivity index (χ0) is 15.1. The molecule has 0 aromatic carbocycles. The van der Waals surface area contributed by atoms with Gasteiger partial charge >= 0.3 is 0 Å². The molecule has 1 aliphatic carbocycles. The SMILES string of the molecule is CCCCC(CC)COC1CCC(c2nnc(C)s2)CC1. The van der Waals surface area contributed by atoms with E-state index >= 15 is 0 Å². The van der Waals surface area contributed by atoms with E-state index in [0.717, 1.165) is 17.5 Å². The quantitative estimate of drug-likeness (QED) is 0.669. The van der Waals surface area contributed by atoms with Gasteiger partial charge < -0.3 is 4.74 Å². The van der Waals surface area contributed by atoms with E-state index in [-0.39, 0.29) is 0 Å². The maximum absolute atomic E-state index is 6.19. The largest absolute Gasteiger partial charge is 0.378 e. The third kappa shape index (κ3) is 5.33. The first-order chi connectivity index (χ1) is 10.2. The molecule has 3 nitrogen and oxygen atoms in total. The van der Waals surface area contributed by atoms with Crippen LogP contribution in [0, 0.1) is 12.8 Å². The molecular formula is C17H30N2OS. The molecule has 1 saturated carbocycles. The first-order valence-corrected chi connectivity index (χ1v) is 9.46. The highest BCUT2D eigenvalue weighted by Crippen LogP contribution is 2.35. The Morgan fingerprint density at radius 3 is 2.52 bits per heavy atom. The van der Waals surface area contributed by atoms with Gasteiger partial charge in [0, 0.05) is 12.5 Å². The molecule has 0 radical (unpaired) electrons. The molecule has 1 aromatic heterocycles. The van der Waals surface area contributed by atoms with E-state index in [9.17, 15) is 0 Å². The molecule has 1 aliphatic rings. The standard InChI is InChI=1S/C17H30N2OS/c1-4-6-7-14(5-2)12-20-16-10-8-15(9-11-16)17-19-18-13(3)21-17/h14-16H,4-12H2,1-3H3. The molecule has 4 heteroatoms. The van der Waals surface area contributed by atoms with Crippen LogP contribution in [-0.2, 0) is 4.74 Å². The van der Waals surface area contributed by atoms with Crippen LogP contribution in [0.3, 0.4) is 0 Å². The van der Waals surface area contributed by atoms with E-state index in [1.165, 1.54) is 56.4 Å². The third-order valence-corrected chi connectivity index (χ3v) is 5.68. The summed E-state index contributed by atoms with van der Waals surface area (Å²) in [5.41, 5.74) is 0. The van der Waals surface area contributed by atoms with Crippen LogP contribution in [0.2, 0.25) is 0 Å². The molecule has 0 spiro atoms. The molecule has 0 saturated heterocycles. The molecule has 0 amide bonds. The van der Waals surface area contributed by atoms with Crippen molar-refractivity contribution in [2.24, 2.45) is 5.92 Å². The van der Waals surface area contributed by atoms with Crippen LogP contribution >= 0.6 is 11.3 Å². The predicted octanol–water partition coefficient (Wildman–Crippen LogP) is 5.11. The van der Waals surface area contributed by atoms with E-state index in [1.807, 2.05) is 6.92 Å². The van der Waals surface area contributed by atoms with E-state index in [2.05, 4.69) is 24.0 Å². The van der Waals surface area contributed by atoms with Crippen LogP contribution < -0.4 is 0 Å². The minimum absolute atomic E-state index is 0.478. The van der Waals surface area contributed by atoms with Crippen LogP contribution in [0.1, 0.15) is 81.1 Å². The molecule has 0 N–H and O–H groups in total. The number of hydrogen-bond donors (Lipinski definition) is 0. The fourth-order valence-electron chi connectivity index (χ4n) is 3.12. The molecular weight excluding hydrogens is 280 g/mol. The summed E-state index contributed by atoms with van der Waals surface area (Å²) in [7, 11) is 0. The van der Waals surface area contributed by atoms with Crippen molar-refractivity contribution in [3.05, 3.63) is 10.0 Å². The lowest BCUT2D eigenvalue weighted by Crippen LogP contribution is -2.23. The van der Waals surface area contributed by atoms with Gasteiger partial charge in [0.15, 0.2) is 0 Å². The Labute approximate surface area is 133 Å². The smallest absolute Gasteiger partial charge is 0.120 e. The number of hydrogen-bond acceptors (Lipinski definition) is 4. The summed E-state index contributed by atoms with van der Waals surface area (Å²) in [6, 6.07) is 0. The molecule has 21 heavy (non-hydrogen) atoms. The maximum Gasteiger partial charge on any atom is 0.120 e. The Kier molecular flexibility index (Phi) is 7.11. The summed E-state index contributed by atoms with van der Waals surface area (Å²) in [5, 5.41) is 10.8. The van der Waals surface area contributed by atoms with E-state index < -0.39 is 0 Å². The van der Waals surface area contributed by atoms with Gasteiger partial charge in [0.25, 0.3) is 0 Å². The lowest BCUT2D eigenvalue weighted by Gasteiger charge is -2.28. The zero-order valence-electron chi connectivity index (χ0n) is 13.8. The normalized spacial score (nSPS) is 24.1. The highest BCUT2D eigenvalue weighted by molar-refractivity contribution is 7.11. The van der Waals surface area contributed by atoms with Crippen molar-refractivity contribution in [1.29, 1.82) is 0 Å². The molecule has 1 atom stereocenters. The summed E-state index contributed by atoms with van der Waals surface area (Å²) in [6.45, 7) is 7.56. The van der Waals surface area contributed by atoms with Gasteiger partial charge in [-0.15, -0.1) is 21.5 Å². The van der Waals surface area contributed by atoms with Gasteiger partial charge in [-0.05, 0) is 44.9 Å². The van der Waals surface area contributed by atoms with Gasteiger partial charge in [0.1, 0.15) is 10.0 Å². The topological polar surface area (TPSA) is 35.0 Å². The summed E-state index contributed by atoms with van der Waals surface area (Å²) >= 11 is 1.76. The zero-order valence-corrected chi connectivity index (χ0v) is 14.6. The molecule has 2 rings (SSSR count). The number of aromatic nitrogens is 2. The predicted molar refractivity (Wildman–Crippen MR) is 88.9 cm³/mol. The molecule has 1 heterocycles. The van der Waals surface area contributed by atoms with Crippen LogP contribution in [0.4, 0.5) is 0 Å². The van der Waals surface area contributed by atoms with E-state index in [0.29, 0.717) is 12.0 Å². The Morgan fingerprint density at radius 2 is 1.95 bits per heavy atom. The average Bonchev–Trinajstić information content (AvgIpc) is 2.94. The molecule has 0 aliphatic heterocycles. The van der Waals surface area contributed by atoms with Crippen molar-refractivity contribution in [3.63, 3.8) is 0 Å². The number of ether oxygens (including phenoxy) is 1. The average molecular weight is 311 g/mol. The second-order valence-electron chi connectivity index (χ2n) is 6.38. The van der Waals surface area contributed by atoms with Gasteiger partial charge in [-0.1, -0.05) is 33.1 Å². The summed E-state index contributed by atoms with van der Waals surface area (Å²) in [5.74, 6) is 1.38. The minimum atomic E-state index is 0.478. The van der Waals surface area contributed by atoms with Crippen molar-refractivity contribution in [3.8, 4) is 0 Å². The highest BCUT2D eigenvalue weighted by Gasteiger charge is 2.25. The van der Waals surface area contributed by atoms with Crippen molar-refractivity contribution < 1.29 is 4.74 Å². The second kappa shape index (κ2) is 8.84. The van der Waals surface area contributed by atoms with Crippen molar-refractivity contribution in [1.82, 2.24) is 10.2 Å². The Morgan fingerprint density at radius 1 is 1.19 bits per heavy atom. The highest BCUT2D eigenvalue weighted by atomic mass is 32.1. The number of unbranched alkanes of at least 4 members (excludes halogenated alkanes) is 1. The fraction of sp³-hybridized carbons (Fsp3) is 0.882. The number of nitrogens with zero attached hydrogens (tertiary/aromatic N) is 2. The van der Waals surface area contributed by atoms with Gasteiger partial charge in [0.2, 0.25) is 0 Å². The fourth-order valence-corrected chi connectivity index (χ4v) is 3.99. The summed E-state index contributed by atoms with van der Waals surface area (Å²) in [6.07, 6.45) is 10.5. The first-order valence-electron chi connectivity index (χ1n) is 8.64. The van der Waals surface area contributed by atoms with Crippen molar-refractivity contribution in [2.45, 2.75) is 84.2 Å².